The van der Waals surface area contributed by atoms with Crippen molar-refractivity contribution < 1.29 is 9.59 Å². The van der Waals surface area contributed by atoms with Gasteiger partial charge in [0.15, 0.2) is 0 Å². The highest BCUT2D eigenvalue weighted by molar-refractivity contribution is 6.09. The monoisotopic (exact) mass is 403 g/mol. The quantitative estimate of drug-likeness (QED) is 0.517. The number of nitrogens with zero attached hydrogens (tertiary/aromatic N) is 3. The van der Waals surface area contributed by atoms with Crippen LogP contribution in [0.1, 0.15) is 39.8 Å². The van der Waals surface area contributed by atoms with Gasteiger partial charge < -0.3 is 20.5 Å². The van der Waals surface area contributed by atoms with E-state index in [1.54, 1.807) is 4.90 Å². The van der Waals surface area contributed by atoms with Crippen LogP contribution in [0.15, 0.2) is 47.5 Å². The first-order chi connectivity index (χ1) is 14.5. The molecular weight excluding hydrogens is 378 g/mol. The highest BCUT2D eigenvalue weighted by Crippen LogP contribution is 2.31. The van der Waals surface area contributed by atoms with Crippen LogP contribution in [0.4, 0.5) is 11.4 Å². The maximum Gasteiger partial charge on any atom is 0.267 e. The van der Waals surface area contributed by atoms with Gasteiger partial charge in [-0.05, 0) is 56.2 Å². The number of hydrogen-bond donors (Lipinski definition) is 2. The molecule has 1 aliphatic rings. The van der Waals surface area contributed by atoms with Crippen LogP contribution in [-0.4, -0.2) is 35.8 Å². The number of hydrogen-bond acceptors (Lipinski definition) is 3. The second-order valence-electron chi connectivity index (χ2n) is 7.38. The molecule has 4 rings (SSSR count). The maximum atomic E-state index is 13.4. The molecule has 7 heteroatoms. The summed E-state index contributed by atoms with van der Waals surface area (Å²) in [4.78, 5) is 31.7. The van der Waals surface area contributed by atoms with Gasteiger partial charge in [0.25, 0.3) is 11.8 Å². The average molecular weight is 403 g/mol. The minimum Gasteiger partial charge on any atom is -0.390 e. The van der Waals surface area contributed by atoms with Gasteiger partial charge in [-0.25, -0.2) is 4.99 Å². The van der Waals surface area contributed by atoms with Crippen molar-refractivity contribution in [1.29, 1.82) is 0 Å². The fourth-order valence-corrected chi connectivity index (χ4v) is 3.97. The van der Waals surface area contributed by atoms with Crippen LogP contribution in [0.2, 0.25) is 0 Å². The van der Waals surface area contributed by atoms with Gasteiger partial charge >= 0.3 is 0 Å². The van der Waals surface area contributed by atoms with E-state index in [1.807, 2.05) is 60.9 Å². The van der Waals surface area contributed by atoms with Crippen molar-refractivity contribution in [1.82, 2.24) is 9.88 Å². The summed E-state index contributed by atoms with van der Waals surface area (Å²) in [6, 6.07) is 13.2. The zero-order valence-corrected chi connectivity index (χ0v) is 17.2. The molecule has 0 bridgehead atoms. The molecule has 30 heavy (non-hydrogen) atoms. The second-order valence-corrected chi connectivity index (χ2v) is 7.38. The number of amides is 2. The first-order valence-electron chi connectivity index (χ1n) is 10.1. The van der Waals surface area contributed by atoms with E-state index >= 15 is 0 Å². The Hall–Kier alpha value is -3.61. The average Bonchev–Trinajstić information content (AvgIpc) is 3.01. The van der Waals surface area contributed by atoms with E-state index in [-0.39, 0.29) is 11.8 Å². The van der Waals surface area contributed by atoms with Gasteiger partial charge in [0.2, 0.25) is 0 Å². The molecule has 154 valence electrons. The lowest BCUT2D eigenvalue weighted by Gasteiger charge is -2.23. The Kier molecular flexibility index (Phi) is 5.27. The van der Waals surface area contributed by atoms with Gasteiger partial charge in [0, 0.05) is 36.1 Å². The fraction of sp³-hybridized carbons (Fsp3) is 0.261. The number of anilines is 1. The van der Waals surface area contributed by atoms with Gasteiger partial charge in [0.05, 0.1) is 17.7 Å². The van der Waals surface area contributed by atoms with Crippen LogP contribution in [0.5, 0.6) is 0 Å². The van der Waals surface area contributed by atoms with Crippen molar-refractivity contribution in [3.8, 4) is 0 Å². The van der Waals surface area contributed by atoms with Crippen molar-refractivity contribution in [2.45, 2.75) is 26.8 Å². The lowest BCUT2D eigenvalue weighted by Crippen LogP contribution is -2.30. The molecule has 3 aromatic rings. The topological polar surface area (TPSA) is 92.7 Å². The molecule has 0 unspecified atom stereocenters. The third kappa shape index (κ3) is 3.43. The lowest BCUT2D eigenvalue weighted by molar-refractivity contribution is 0.0950. The molecule has 2 amide bonds. The molecule has 3 N–H and O–H groups in total. The minimum absolute atomic E-state index is 0.0734. The van der Waals surface area contributed by atoms with Crippen LogP contribution in [0.25, 0.3) is 10.9 Å². The first-order valence-corrected chi connectivity index (χ1v) is 10.1. The van der Waals surface area contributed by atoms with E-state index in [9.17, 15) is 9.59 Å². The summed E-state index contributed by atoms with van der Waals surface area (Å²) in [5.41, 5.74) is 10.0. The summed E-state index contributed by atoms with van der Waals surface area (Å²) in [7, 11) is 0. The van der Waals surface area contributed by atoms with Crippen LogP contribution in [0.3, 0.4) is 0 Å². The molecular formula is C23H25N5O2. The smallest absolute Gasteiger partial charge is 0.267 e. The number of fused-ring (bicyclic) bond motifs is 3. The van der Waals surface area contributed by atoms with Crippen molar-refractivity contribution in [2.24, 2.45) is 10.7 Å². The zero-order valence-electron chi connectivity index (χ0n) is 17.2. The Morgan fingerprint density at radius 2 is 2.10 bits per heavy atom. The third-order valence-corrected chi connectivity index (χ3v) is 5.42. The molecule has 0 fully saturated rings. The maximum absolute atomic E-state index is 13.4. The number of nitrogens with one attached hydrogen (secondary N) is 1. The minimum atomic E-state index is -0.120. The standard InChI is InChI=1S/C23H25N5O2/c1-3-27(19-8-5-15(2)11-18(19)26-14-24)23(30)17-7-6-16-12-21-22(29)25-9-4-10-28(21)20(16)13-17/h5-8,11-14H,3-4,9-10H2,1-2H3,(H2,24,26)(H,25,29). The highest BCUT2D eigenvalue weighted by Gasteiger charge is 2.22. The molecule has 0 saturated carbocycles. The lowest BCUT2D eigenvalue weighted by atomic mass is 10.1. The summed E-state index contributed by atoms with van der Waals surface area (Å²) in [5.74, 6) is -0.193. The molecule has 1 aromatic heterocycles. The summed E-state index contributed by atoms with van der Waals surface area (Å²) in [5, 5.41) is 3.86. The van der Waals surface area contributed by atoms with Gasteiger partial charge in [0.1, 0.15) is 5.69 Å². The predicted molar refractivity (Wildman–Crippen MR) is 120 cm³/mol. The van der Waals surface area contributed by atoms with Crippen molar-refractivity contribution in [3.05, 3.63) is 59.3 Å². The second kappa shape index (κ2) is 8.02. The van der Waals surface area contributed by atoms with E-state index in [2.05, 4.69) is 10.3 Å². The van der Waals surface area contributed by atoms with Gasteiger partial charge in [-0.15, -0.1) is 0 Å². The van der Waals surface area contributed by atoms with Gasteiger partial charge in [-0.2, -0.15) is 0 Å². The number of aliphatic imine (C=N–C) groups is 1. The highest BCUT2D eigenvalue weighted by atomic mass is 16.2. The summed E-state index contributed by atoms with van der Waals surface area (Å²) in [6.07, 6.45) is 2.09. The molecule has 2 aromatic carbocycles. The SMILES string of the molecule is CCN(C(=O)c1ccc2cc3n(c2c1)CCCNC3=O)c1ccc(C)cc1N=CN. The number of aromatic nitrogens is 1. The number of carbonyl (C=O) groups is 2. The number of carbonyl (C=O) groups excluding carboxylic acids is 2. The van der Waals surface area contributed by atoms with Crippen LogP contribution in [0, 0.1) is 6.92 Å². The van der Waals surface area contributed by atoms with Crippen LogP contribution in [-0.2, 0) is 6.54 Å². The molecule has 2 heterocycles. The van der Waals surface area contributed by atoms with E-state index in [0.29, 0.717) is 35.7 Å². The van der Waals surface area contributed by atoms with Crippen LogP contribution >= 0.6 is 0 Å². The van der Waals surface area contributed by atoms with E-state index in [4.69, 9.17) is 5.73 Å². The Labute approximate surface area is 175 Å². The van der Waals surface area contributed by atoms with E-state index in [0.717, 1.165) is 29.4 Å². The Balaban J connectivity index is 1.77. The predicted octanol–water partition coefficient (Wildman–Crippen LogP) is 3.37. The normalized spacial score (nSPS) is 13.9. The molecule has 0 atom stereocenters. The molecule has 0 saturated heterocycles. The molecule has 0 aliphatic carbocycles. The Morgan fingerprint density at radius 3 is 2.87 bits per heavy atom. The molecule has 0 radical (unpaired) electrons. The number of nitrogens with two attached hydrogens (primary N) is 1. The molecule has 7 nitrogen and oxygen atoms in total. The number of benzene rings is 2. The van der Waals surface area contributed by atoms with Crippen molar-refractivity contribution >= 4 is 40.4 Å². The van der Waals surface area contributed by atoms with Crippen LogP contribution < -0.4 is 16.0 Å². The summed E-state index contributed by atoms with van der Waals surface area (Å²) < 4.78 is 2.00. The van der Waals surface area contributed by atoms with Gasteiger partial charge in [-0.3, -0.25) is 9.59 Å². The molecule has 1 aliphatic heterocycles. The first kappa shape index (κ1) is 19.7. The summed E-state index contributed by atoms with van der Waals surface area (Å²) in [6.45, 7) is 5.78. The van der Waals surface area contributed by atoms with Gasteiger partial charge in [-0.1, -0.05) is 12.1 Å². The molecule has 0 spiro atoms. The zero-order chi connectivity index (χ0) is 21.3. The number of aryl methyl sites for hydroxylation is 2. The van der Waals surface area contributed by atoms with E-state index in [1.165, 1.54) is 6.34 Å². The summed E-state index contributed by atoms with van der Waals surface area (Å²) >= 11 is 0. The van der Waals surface area contributed by atoms with Crippen molar-refractivity contribution in [3.63, 3.8) is 0 Å². The largest absolute Gasteiger partial charge is 0.390 e. The van der Waals surface area contributed by atoms with E-state index < -0.39 is 0 Å². The Morgan fingerprint density at radius 1 is 1.27 bits per heavy atom. The fourth-order valence-electron chi connectivity index (χ4n) is 3.97. The number of rotatable bonds is 4. The Bertz CT molecular complexity index is 1160. The third-order valence-electron chi connectivity index (χ3n) is 5.42. The van der Waals surface area contributed by atoms with Crippen molar-refractivity contribution in [2.75, 3.05) is 18.0 Å².